The molecule has 0 amide bonds. The van der Waals surface area contributed by atoms with E-state index in [1.54, 1.807) is 60.7 Å². The number of aromatic hydroxyl groups is 1. The van der Waals surface area contributed by atoms with Crippen LogP contribution >= 0.6 is 81.2 Å². The van der Waals surface area contributed by atoms with E-state index < -0.39 is 24.1 Å². The van der Waals surface area contributed by atoms with Gasteiger partial charge in [0.15, 0.2) is 0 Å². The van der Waals surface area contributed by atoms with E-state index in [9.17, 15) is 34.2 Å². The van der Waals surface area contributed by atoms with E-state index in [4.69, 9.17) is 115 Å². The van der Waals surface area contributed by atoms with Gasteiger partial charge in [0.2, 0.25) is 0 Å². The van der Waals surface area contributed by atoms with Gasteiger partial charge in [-0.3, -0.25) is 24.0 Å². The molecule has 0 fully saturated rings. The summed E-state index contributed by atoms with van der Waals surface area (Å²) in [4.78, 5) is 53.5. The van der Waals surface area contributed by atoms with Crippen molar-refractivity contribution in [1.82, 2.24) is 10.6 Å². The van der Waals surface area contributed by atoms with Crippen LogP contribution in [0.1, 0.15) is 122 Å². The number of hydrogen-bond acceptors (Lipinski definition) is 14. The van der Waals surface area contributed by atoms with Crippen molar-refractivity contribution in [3.05, 3.63) is 320 Å². The van der Waals surface area contributed by atoms with Gasteiger partial charge in [0.25, 0.3) is 0 Å². The minimum absolute atomic E-state index is 0.00716. The molecule has 0 aromatic heterocycles. The van der Waals surface area contributed by atoms with Gasteiger partial charge in [-0.1, -0.05) is 179 Å². The van der Waals surface area contributed by atoms with Crippen molar-refractivity contribution in [3.63, 3.8) is 0 Å². The predicted molar refractivity (Wildman–Crippen MR) is 456 cm³/mol. The Bertz CT molecular complexity index is 4880. The van der Waals surface area contributed by atoms with Crippen LogP contribution in [0.5, 0.6) is 28.7 Å². The van der Waals surface area contributed by atoms with E-state index in [2.05, 4.69) is 113 Å². The monoisotopic (exact) mass is 1680 g/mol. The summed E-state index contributed by atoms with van der Waals surface area (Å²) in [6.45, 7) is 15.0. The molecule has 11 rings (SSSR count). The summed E-state index contributed by atoms with van der Waals surface area (Å²) in [7, 11) is 0. The lowest BCUT2D eigenvalue weighted by atomic mass is 9.92. The van der Waals surface area contributed by atoms with Crippen molar-refractivity contribution in [2.24, 2.45) is 0 Å². The Labute approximate surface area is 699 Å². The number of benzene rings is 11. The molecule has 594 valence electrons. The molecule has 11 aromatic carbocycles. The summed E-state index contributed by atoms with van der Waals surface area (Å²) >= 11 is 43.0. The number of aliphatic hydroxyl groups is 2. The Balaban J connectivity index is 0.000000218. The molecule has 7 N–H and O–H groups in total. The summed E-state index contributed by atoms with van der Waals surface area (Å²) < 4.78 is 24.2. The number of carboxylic acid groups (broad SMARTS) is 2. The molecule has 0 radical (unpaired) electrons. The number of alkyl halides is 2. The highest BCUT2D eigenvalue weighted by Crippen LogP contribution is 2.38. The lowest BCUT2D eigenvalue weighted by Gasteiger charge is -2.17. The normalized spacial score (nSPS) is 11.3. The minimum atomic E-state index is -1.05. The number of aldehydes is 3. The number of halogens is 7. The van der Waals surface area contributed by atoms with Gasteiger partial charge in [0.05, 0.1) is 50.2 Å². The first kappa shape index (κ1) is 89.8. The summed E-state index contributed by atoms with van der Waals surface area (Å²) in [5.74, 6) is 1.13. The van der Waals surface area contributed by atoms with Gasteiger partial charge in [-0.25, -0.2) is 0 Å². The molecule has 16 nitrogen and oxygen atoms in total. The Morgan fingerprint density at radius 2 is 0.614 bits per heavy atom. The third-order valence-corrected chi connectivity index (χ3v) is 21.0. The van der Waals surface area contributed by atoms with Crippen LogP contribution in [-0.4, -0.2) is 81.6 Å². The van der Waals surface area contributed by atoms with Crippen molar-refractivity contribution in [2.45, 2.75) is 118 Å². The zero-order chi connectivity index (χ0) is 82.5. The zero-order valence-electron chi connectivity index (χ0n) is 63.5. The Hall–Kier alpha value is -9.76. The summed E-state index contributed by atoms with van der Waals surface area (Å²) in [5.41, 5.74) is 23.4. The number of carboxylic acids is 2. The third-order valence-electron chi connectivity index (χ3n) is 18.9. The van der Waals surface area contributed by atoms with Crippen LogP contribution < -0.4 is 29.6 Å². The largest absolute Gasteiger partial charge is 0.506 e. The standard InChI is InChI=1S/C38H42Cl2N2O8.C30H24Cl2O4.C16H16Cl2.C7H5ClO2/c1-23-27(21-49-35-11-9-25(13-33(35)39)17-41-19-29(43)15-37(45)46)5-3-7-31(23)32-8-4-6-28(24(32)2)22-50-36-12-10-26(14-34(36)40)18-42-20-30(44)16-38(47)48;1-19-23(17-35-29-11-9-21(15-33)13-27(29)31)5-3-7-25(19)26-8-4-6-24(20(26)2)18-36-30-12-10-22(16-34)14-28(30)32;1-11-13(9-17)5-3-7-15(11)16-8-4-6-14(10-18)12(16)2;8-6-3-5(4-9)1-2-7(6)10/h3-14,29-30,41-44H,15-22H2,1-2H3,(H,45,46)(H,47,48);3-16H,17-18H2,1-2H3;3-8H,9-10H2,1-2H3;1-4,10H/t29-,30-;;;/m0.../s1. The van der Waals surface area contributed by atoms with Crippen LogP contribution in [0.15, 0.2) is 200 Å². The first-order valence-electron chi connectivity index (χ1n) is 36.1. The molecule has 0 aliphatic rings. The number of ether oxygens (including phenoxy) is 4. The molecule has 11 aromatic rings. The van der Waals surface area contributed by atoms with E-state index in [0.29, 0.717) is 117 Å². The second-order valence-corrected chi connectivity index (χ2v) is 29.3. The van der Waals surface area contributed by atoms with E-state index >= 15 is 0 Å². The summed E-state index contributed by atoms with van der Waals surface area (Å²) in [6.07, 6.45) is -0.397. The number of carbonyl (C=O) groups is 5. The first-order valence-corrected chi connectivity index (χ1v) is 39.1. The quantitative estimate of drug-likeness (QED) is 0.0153. The number of nitrogens with one attached hydrogen (secondary N) is 2. The lowest BCUT2D eigenvalue weighted by molar-refractivity contribution is -0.140. The van der Waals surface area contributed by atoms with E-state index in [-0.39, 0.29) is 36.7 Å². The molecular formula is C91H87Cl7N2O14. The number of aliphatic carboxylic acids is 2. The lowest BCUT2D eigenvalue weighted by Crippen LogP contribution is -2.28. The van der Waals surface area contributed by atoms with Gasteiger partial charge in [-0.15, -0.1) is 23.2 Å². The van der Waals surface area contributed by atoms with Crippen LogP contribution in [0.3, 0.4) is 0 Å². The van der Waals surface area contributed by atoms with Crippen molar-refractivity contribution in [2.75, 3.05) is 13.1 Å². The highest BCUT2D eigenvalue weighted by molar-refractivity contribution is 6.33. The topological polar surface area (TPSA) is 247 Å². The average molecular weight is 1680 g/mol. The number of phenolic OH excluding ortho intramolecular Hbond substituents is 1. The molecule has 0 heterocycles. The molecular weight excluding hydrogens is 1590 g/mol. The van der Waals surface area contributed by atoms with Crippen LogP contribution in [0.4, 0.5) is 0 Å². The molecule has 0 aliphatic carbocycles. The maximum atomic E-state index is 10.9. The van der Waals surface area contributed by atoms with E-state index in [1.165, 1.54) is 51.6 Å². The molecule has 2 atom stereocenters. The summed E-state index contributed by atoms with van der Waals surface area (Å²) in [6, 6.07) is 62.2. The average Bonchev–Trinajstić information content (AvgIpc) is 0.808. The SMILES string of the molecule is Cc1c(CCl)cccc1-c1cccc(CCl)c1C.Cc1c(COc2ccc(C=O)cc2Cl)cccc1-c1cccc(COc2ccc(C=O)cc2Cl)c1C.Cc1c(COc2ccc(CNC[C@@H](O)CC(=O)O)cc2Cl)cccc1-c1cccc(COc2ccc(CNC[C@@H](O)CC(=O)O)cc2Cl)c1C.O=Cc1ccc(O)c(Cl)c1. The molecule has 0 bridgehead atoms. The van der Waals surface area contributed by atoms with Gasteiger partial charge >= 0.3 is 11.9 Å². The number of hydrogen-bond donors (Lipinski definition) is 7. The fraction of sp³-hybridized carbons (Fsp3) is 0.220. The van der Waals surface area contributed by atoms with Crippen molar-refractivity contribution < 1.29 is 68.5 Å². The fourth-order valence-electron chi connectivity index (χ4n) is 12.3. The van der Waals surface area contributed by atoms with Crippen LogP contribution in [0.2, 0.25) is 25.1 Å². The van der Waals surface area contributed by atoms with Crippen molar-refractivity contribution in [3.8, 4) is 62.1 Å². The van der Waals surface area contributed by atoms with Gasteiger partial charge in [-0.05, 0) is 232 Å². The second-order valence-electron chi connectivity index (χ2n) is 26.7. The smallest absolute Gasteiger partial charge is 0.306 e. The highest BCUT2D eigenvalue weighted by Gasteiger charge is 2.19. The zero-order valence-corrected chi connectivity index (χ0v) is 68.8. The number of rotatable bonds is 32. The molecule has 0 unspecified atom stereocenters. The minimum Gasteiger partial charge on any atom is -0.506 e. The van der Waals surface area contributed by atoms with Crippen LogP contribution in [0, 0.1) is 41.5 Å². The van der Waals surface area contributed by atoms with Gasteiger partial charge in [0.1, 0.15) is 74.0 Å². The van der Waals surface area contributed by atoms with Gasteiger partial charge in [-0.2, -0.15) is 0 Å². The van der Waals surface area contributed by atoms with Crippen LogP contribution in [0.25, 0.3) is 33.4 Å². The highest BCUT2D eigenvalue weighted by atomic mass is 35.5. The number of phenols is 1. The number of aliphatic hydroxyl groups excluding tert-OH is 2. The Morgan fingerprint density at radius 1 is 0.360 bits per heavy atom. The number of carbonyl (C=O) groups excluding carboxylic acids is 3. The maximum Gasteiger partial charge on any atom is 0.306 e. The molecule has 114 heavy (non-hydrogen) atoms. The summed E-state index contributed by atoms with van der Waals surface area (Å²) in [5, 5.41) is 53.9. The Morgan fingerprint density at radius 3 is 0.868 bits per heavy atom. The van der Waals surface area contributed by atoms with Gasteiger partial charge < -0.3 is 55.1 Å². The fourth-order valence-corrected chi connectivity index (χ4v) is 14.0. The molecule has 0 saturated heterocycles. The van der Waals surface area contributed by atoms with Crippen molar-refractivity contribution in [1.29, 1.82) is 0 Å². The predicted octanol–water partition coefficient (Wildman–Crippen LogP) is 21.7. The second kappa shape index (κ2) is 44.8. The third kappa shape index (κ3) is 25.9. The van der Waals surface area contributed by atoms with E-state index in [0.717, 1.165) is 90.5 Å². The molecule has 23 heteroatoms. The van der Waals surface area contributed by atoms with E-state index in [1.807, 2.05) is 60.7 Å². The molecule has 0 saturated carbocycles. The first-order chi connectivity index (χ1) is 54.7. The van der Waals surface area contributed by atoms with Crippen LogP contribution in [-0.2, 0) is 60.9 Å². The van der Waals surface area contributed by atoms with Gasteiger partial charge in [0, 0.05) is 54.6 Å². The Kier molecular flexibility index (Phi) is 35.3. The van der Waals surface area contributed by atoms with Crippen molar-refractivity contribution >= 4 is 112 Å². The molecule has 0 spiro atoms. The maximum absolute atomic E-state index is 10.9. The molecule has 0 aliphatic heterocycles.